The van der Waals surface area contributed by atoms with Crippen LogP contribution in [-0.4, -0.2) is 30.4 Å². The zero-order valence-electron chi connectivity index (χ0n) is 19.1. The molecule has 2 aromatic carbocycles. The molecule has 0 atom stereocenters. The van der Waals surface area contributed by atoms with Crippen LogP contribution in [0.1, 0.15) is 27.8 Å². The number of aromatic amines is 1. The Morgan fingerprint density at radius 1 is 0.789 bits per heavy atom. The predicted octanol–water partition coefficient (Wildman–Crippen LogP) is 5.86. The van der Waals surface area contributed by atoms with Crippen molar-refractivity contribution < 1.29 is 39.5 Å². The van der Waals surface area contributed by atoms with Gasteiger partial charge in [0.15, 0.2) is 0 Å². The van der Waals surface area contributed by atoms with Crippen LogP contribution in [-0.2, 0) is 38.7 Å². The number of tetrazole rings is 1. The summed E-state index contributed by atoms with van der Waals surface area (Å²) < 4.78 is 121. The number of hydrogen-bond acceptors (Lipinski definition) is 5. The minimum Gasteiger partial charge on any atom is -0.330 e. The highest BCUT2D eigenvalue weighted by Crippen LogP contribution is 2.37. The second-order valence-electron chi connectivity index (χ2n) is 8.19. The highest BCUT2D eigenvalue weighted by atomic mass is 19.4. The Kier molecular flexibility index (Phi) is 6.84. The van der Waals surface area contributed by atoms with Crippen LogP contribution in [0, 0.1) is 0 Å². The minimum absolute atomic E-state index is 0.0163. The van der Waals surface area contributed by atoms with Crippen molar-refractivity contribution >= 4 is 5.95 Å². The van der Waals surface area contributed by atoms with Crippen molar-refractivity contribution in [1.82, 2.24) is 30.4 Å². The molecule has 0 saturated heterocycles. The first kappa shape index (κ1) is 26.9. The van der Waals surface area contributed by atoms with E-state index in [1.165, 1.54) is 25.4 Å². The average Bonchev–Trinajstić information content (AvgIpc) is 3.49. The largest absolute Gasteiger partial charge is 0.416 e. The molecule has 16 heteroatoms. The summed E-state index contributed by atoms with van der Waals surface area (Å²) in [6.07, 6.45) is -13.5. The number of nitrogens with one attached hydrogen (secondary N) is 1. The van der Waals surface area contributed by atoms with E-state index in [9.17, 15) is 39.5 Å². The fraction of sp³-hybridized carbons (Fsp3) is 0.273. The van der Waals surface area contributed by atoms with Gasteiger partial charge in [-0.1, -0.05) is 11.2 Å². The first-order valence-electron chi connectivity index (χ1n) is 10.6. The Morgan fingerprint density at radius 2 is 1.42 bits per heavy atom. The highest BCUT2D eigenvalue weighted by molar-refractivity contribution is 5.64. The van der Waals surface area contributed by atoms with E-state index >= 15 is 0 Å². The van der Waals surface area contributed by atoms with Crippen molar-refractivity contribution in [2.75, 3.05) is 4.90 Å². The Labute approximate surface area is 207 Å². The molecule has 4 rings (SSSR count). The molecule has 2 heterocycles. The molecule has 202 valence electrons. The minimum atomic E-state index is -5.08. The van der Waals surface area contributed by atoms with E-state index in [0.717, 1.165) is 21.8 Å². The molecule has 4 aromatic rings. The van der Waals surface area contributed by atoms with Gasteiger partial charge in [-0.15, -0.1) is 5.10 Å². The van der Waals surface area contributed by atoms with Crippen LogP contribution in [0.15, 0.2) is 48.7 Å². The number of alkyl halides is 9. The van der Waals surface area contributed by atoms with Crippen LogP contribution in [0.4, 0.5) is 45.5 Å². The summed E-state index contributed by atoms with van der Waals surface area (Å²) in [5, 5.41) is 17.7. The Bertz CT molecular complexity index is 1370. The van der Waals surface area contributed by atoms with Crippen molar-refractivity contribution in [3.8, 4) is 11.3 Å². The molecule has 0 aliphatic rings. The second-order valence-corrected chi connectivity index (χ2v) is 8.19. The van der Waals surface area contributed by atoms with Gasteiger partial charge in [0.25, 0.3) is 5.95 Å². The maximum Gasteiger partial charge on any atom is 0.416 e. The van der Waals surface area contributed by atoms with E-state index in [4.69, 9.17) is 0 Å². The van der Waals surface area contributed by atoms with Gasteiger partial charge in [0.1, 0.15) is 0 Å². The first-order chi connectivity index (χ1) is 17.6. The molecule has 2 aromatic heterocycles. The third-order valence-corrected chi connectivity index (χ3v) is 5.39. The average molecular weight is 549 g/mol. The maximum absolute atomic E-state index is 13.5. The van der Waals surface area contributed by atoms with E-state index in [1.54, 1.807) is 0 Å². The molecular formula is C22H16F9N7. The molecular weight excluding hydrogens is 533 g/mol. The van der Waals surface area contributed by atoms with Gasteiger partial charge < -0.3 is 4.90 Å². The second kappa shape index (κ2) is 9.64. The quantitative estimate of drug-likeness (QED) is 0.305. The van der Waals surface area contributed by atoms with Gasteiger partial charge in [-0.2, -0.15) is 49.4 Å². The van der Waals surface area contributed by atoms with Gasteiger partial charge in [-0.25, -0.2) is 0 Å². The van der Waals surface area contributed by atoms with Crippen LogP contribution in [0.25, 0.3) is 11.3 Å². The lowest BCUT2D eigenvalue weighted by Gasteiger charge is -2.24. The Balaban J connectivity index is 1.82. The number of hydrogen-bond donors (Lipinski definition) is 1. The van der Waals surface area contributed by atoms with Crippen molar-refractivity contribution in [2.45, 2.75) is 31.6 Å². The highest BCUT2D eigenvalue weighted by Gasteiger charge is 2.37. The first-order valence-corrected chi connectivity index (χ1v) is 10.6. The van der Waals surface area contributed by atoms with Gasteiger partial charge >= 0.3 is 18.5 Å². The molecule has 0 fully saturated rings. The monoisotopic (exact) mass is 549 g/mol. The molecule has 1 N–H and O–H groups in total. The van der Waals surface area contributed by atoms with Gasteiger partial charge in [0.05, 0.1) is 29.4 Å². The van der Waals surface area contributed by atoms with Gasteiger partial charge in [0.2, 0.25) is 0 Å². The summed E-state index contributed by atoms with van der Waals surface area (Å²) in [5.41, 5.74) is -3.88. The van der Waals surface area contributed by atoms with Crippen molar-refractivity contribution in [2.24, 2.45) is 7.05 Å². The zero-order valence-corrected chi connectivity index (χ0v) is 19.1. The summed E-state index contributed by atoms with van der Waals surface area (Å²) in [5.74, 6) is -0.230. The summed E-state index contributed by atoms with van der Waals surface area (Å²) in [6, 6.07) is 5.37. The number of anilines is 1. The topological polar surface area (TPSA) is 75.5 Å². The number of aryl methyl sites for hydroxylation is 1. The molecule has 0 radical (unpaired) electrons. The third-order valence-electron chi connectivity index (χ3n) is 5.39. The van der Waals surface area contributed by atoms with Crippen molar-refractivity contribution in [3.63, 3.8) is 0 Å². The van der Waals surface area contributed by atoms with Gasteiger partial charge in [0, 0.05) is 24.8 Å². The van der Waals surface area contributed by atoms with E-state index in [0.29, 0.717) is 17.8 Å². The Morgan fingerprint density at radius 3 is 1.92 bits per heavy atom. The number of halogens is 9. The number of H-pyrrole nitrogens is 1. The molecule has 0 unspecified atom stereocenters. The molecule has 38 heavy (non-hydrogen) atoms. The lowest BCUT2D eigenvalue weighted by Crippen LogP contribution is -2.25. The molecule has 0 spiro atoms. The zero-order chi connectivity index (χ0) is 27.9. The lowest BCUT2D eigenvalue weighted by molar-refractivity contribution is -0.143. The number of aromatic nitrogens is 6. The maximum atomic E-state index is 13.5. The van der Waals surface area contributed by atoms with Crippen molar-refractivity contribution in [3.05, 3.63) is 76.5 Å². The predicted molar refractivity (Wildman–Crippen MR) is 114 cm³/mol. The number of rotatable bonds is 6. The van der Waals surface area contributed by atoms with E-state index < -0.39 is 53.9 Å². The smallest absolute Gasteiger partial charge is 0.330 e. The summed E-state index contributed by atoms with van der Waals surface area (Å²) >= 11 is 0. The van der Waals surface area contributed by atoms with Crippen LogP contribution < -0.4 is 4.90 Å². The van der Waals surface area contributed by atoms with E-state index in [1.807, 2.05) is 0 Å². The summed E-state index contributed by atoms with van der Waals surface area (Å²) in [4.78, 5) is 2.11. The standard InChI is InChI=1S/C22H16F9N7/c1-37-35-19(34-36-37)38(10-12-6-15(21(26,27)28)9-16(7-12)22(29,30)31)11-13-8-14(20(23,24)25)2-3-17(13)18-4-5-32-33-18/h2-9H,10-11H2,1H3,(H,32,33). The molecule has 0 aliphatic carbocycles. The van der Waals surface area contributed by atoms with E-state index in [2.05, 4.69) is 25.6 Å². The van der Waals surface area contributed by atoms with Crippen LogP contribution >= 0.6 is 0 Å². The fourth-order valence-corrected chi connectivity index (χ4v) is 3.70. The molecule has 0 saturated carbocycles. The van der Waals surface area contributed by atoms with E-state index in [-0.39, 0.29) is 23.1 Å². The normalized spacial score (nSPS) is 12.7. The van der Waals surface area contributed by atoms with Gasteiger partial charge in [-0.3, -0.25) is 5.10 Å². The van der Waals surface area contributed by atoms with Crippen LogP contribution in [0.5, 0.6) is 0 Å². The molecule has 0 bridgehead atoms. The third kappa shape index (κ3) is 6.06. The Hall–Kier alpha value is -4.11. The van der Waals surface area contributed by atoms with Crippen LogP contribution in [0.2, 0.25) is 0 Å². The molecule has 0 aliphatic heterocycles. The SMILES string of the molecule is Cn1nnc(N(Cc2cc(C(F)(F)F)cc(C(F)(F)F)c2)Cc2cc(C(F)(F)F)ccc2-c2ccn[nH]2)n1. The van der Waals surface area contributed by atoms with Crippen LogP contribution in [0.3, 0.4) is 0 Å². The molecule has 0 amide bonds. The summed E-state index contributed by atoms with van der Waals surface area (Å²) in [6.45, 7) is -1.04. The number of benzene rings is 2. The van der Waals surface area contributed by atoms with Crippen molar-refractivity contribution in [1.29, 1.82) is 0 Å². The number of nitrogens with zero attached hydrogens (tertiary/aromatic N) is 6. The lowest BCUT2D eigenvalue weighted by atomic mass is 10.00. The summed E-state index contributed by atoms with van der Waals surface area (Å²) in [7, 11) is 1.36. The fourth-order valence-electron chi connectivity index (χ4n) is 3.70. The van der Waals surface area contributed by atoms with Gasteiger partial charge in [-0.05, 0) is 52.7 Å². The molecule has 7 nitrogen and oxygen atoms in total.